The van der Waals surface area contributed by atoms with Gasteiger partial charge >= 0.3 is 0 Å². The summed E-state index contributed by atoms with van der Waals surface area (Å²) in [5.74, 6) is 3.44. The van der Waals surface area contributed by atoms with Gasteiger partial charge in [0.25, 0.3) is 0 Å². The number of rotatable bonds is 4. The minimum atomic E-state index is 0.725. The van der Waals surface area contributed by atoms with Gasteiger partial charge < -0.3 is 0 Å². The highest BCUT2D eigenvalue weighted by Crippen LogP contribution is 2.44. The van der Waals surface area contributed by atoms with Crippen LogP contribution < -0.4 is 0 Å². The van der Waals surface area contributed by atoms with E-state index in [-0.39, 0.29) is 0 Å². The molecular formula is C24H31N. The molecule has 1 heteroatoms. The highest BCUT2D eigenvalue weighted by Gasteiger charge is 2.30. The molecule has 0 radical (unpaired) electrons. The van der Waals surface area contributed by atoms with Crippen molar-refractivity contribution in [3.8, 4) is 6.07 Å². The molecule has 1 aromatic rings. The van der Waals surface area contributed by atoms with E-state index in [0.29, 0.717) is 0 Å². The molecule has 2 aliphatic rings. The van der Waals surface area contributed by atoms with E-state index >= 15 is 0 Å². The second-order valence-corrected chi connectivity index (χ2v) is 8.07. The number of benzene rings is 1. The van der Waals surface area contributed by atoms with Gasteiger partial charge in [0, 0.05) is 6.08 Å². The maximum Gasteiger partial charge on any atom is 0.0912 e. The summed E-state index contributed by atoms with van der Waals surface area (Å²) in [6, 6.07) is 11.3. The molecule has 0 aromatic heterocycles. The van der Waals surface area contributed by atoms with Crippen molar-refractivity contribution in [2.75, 3.05) is 0 Å². The Kier molecular flexibility index (Phi) is 6.51. The van der Waals surface area contributed by atoms with E-state index < -0.39 is 0 Å². The van der Waals surface area contributed by atoms with Crippen LogP contribution in [0.2, 0.25) is 0 Å². The Morgan fingerprint density at radius 3 is 2.04 bits per heavy atom. The van der Waals surface area contributed by atoms with E-state index in [9.17, 15) is 0 Å². The highest BCUT2D eigenvalue weighted by molar-refractivity contribution is 5.24. The first-order valence-corrected chi connectivity index (χ1v) is 10.1. The fraction of sp³-hybridized carbons (Fsp3) is 0.542. The molecule has 0 amide bonds. The summed E-state index contributed by atoms with van der Waals surface area (Å²) >= 11 is 0. The lowest BCUT2D eigenvalue weighted by Crippen LogP contribution is -2.25. The summed E-state index contributed by atoms with van der Waals surface area (Å²) in [6.45, 7) is 2.17. The fourth-order valence-corrected chi connectivity index (χ4v) is 4.89. The van der Waals surface area contributed by atoms with Crippen LogP contribution in [0.25, 0.3) is 0 Å². The Hall–Kier alpha value is -1.81. The van der Waals surface area contributed by atoms with Crippen LogP contribution in [0.1, 0.15) is 68.4 Å². The van der Waals surface area contributed by atoms with Gasteiger partial charge in [0.1, 0.15) is 0 Å². The molecule has 0 saturated heterocycles. The van der Waals surface area contributed by atoms with Gasteiger partial charge in [0.15, 0.2) is 0 Å². The third-order valence-electron chi connectivity index (χ3n) is 6.47. The Morgan fingerprint density at radius 1 is 0.840 bits per heavy atom. The summed E-state index contributed by atoms with van der Waals surface area (Å²) in [6.07, 6.45) is 18.8. The summed E-state index contributed by atoms with van der Waals surface area (Å²) in [5, 5.41) is 8.51. The minimum absolute atomic E-state index is 0.725. The van der Waals surface area contributed by atoms with Gasteiger partial charge in [-0.3, -0.25) is 0 Å². The maximum absolute atomic E-state index is 8.51. The molecule has 2 fully saturated rings. The second-order valence-electron chi connectivity index (χ2n) is 8.07. The molecule has 0 spiro atoms. The Bertz CT molecular complexity index is 615. The lowest BCUT2D eigenvalue weighted by molar-refractivity contribution is 0.171. The number of allylic oxidation sites excluding steroid dienone is 4. The van der Waals surface area contributed by atoms with E-state index in [1.807, 2.05) is 12.1 Å². The van der Waals surface area contributed by atoms with Crippen LogP contribution in [0.3, 0.4) is 0 Å². The van der Waals surface area contributed by atoms with Gasteiger partial charge in [-0.25, -0.2) is 0 Å². The molecular weight excluding hydrogens is 302 g/mol. The quantitative estimate of drug-likeness (QED) is 0.443. The van der Waals surface area contributed by atoms with Crippen LogP contribution in [0, 0.1) is 36.0 Å². The second kappa shape index (κ2) is 9.04. The third kappa shape index (κ3) is 5.08. The first kappa shape index (κ1) is 18.0. The molecule has 0 N–H and O–H groups in total. The van der Waals surface area contributed by atoms with Gasteiger partial charge in [-0.1, -0.05) is 48.1 Å². The van der Waals surface area contributed by atoms with E-state index in [0.717, 1.165) is 23.7 Å². The van der Waals surface area contributed by atoms with E-state index in [1.165, 1.54) is 56.9 Å². The largest absolute Gasteiger partial charge is 0.193 e. The van der Waals surface area contributed by atoms with Crippen molar-refractivity contribution >= 4 is 0 Å². The zero-order valence-electron chi connectivity index (χ0n) is 15.5. The van der Waals surface area contributed by atoms with Crippen molar-refractivity contribution in [2.24, 2.45) is 17.8 Å². The van der Waals surface area contributed by atoms with Crippen LogP contribution in [-0.2, 0) is 0 Å². The van der Waals surface area contributed by atoms with Gasteiger partial charge in [0.2, 0.25) is 0 Å². The number of nitrogens with zero attached hydrogens (tertiary/aromatic N) is 1. The summed E-state index contributed by atoms with van der Waals surface area (Å²) < 4.78 is 0. The number of hydrogen-bond donors (Lipinski definition) is 0. The number of aryl methyl sites for hydroxylation is 1. The van der Waals surface area contributed by atoms with Crippen molar-refractivity contribution in [3.05, 3.63) is 59.7 Å². The van der Waals surface area contributed by atoms with Crippen molar-refractivity contribution in [1.29, 1.82) is 5.26 Å². The maximum atomic E-state index is 8.51. The van der Waals surface area contributed by atoms with Crippen LogP contribution >= 0.6 is 0 Å². The average Bonchev–Trinajstić information content (AvgIpc) is 2.67. The highest BCUT2D eigenvalue weighted by atomic mass is 14.4. The smallest absolute Gasteiger partial charge is 0.0912 e. The molecule has 0 unspecified atom stereocenters. The zero-order chi connectivity index (χ0) is 17.5. The summed E-state index contributed by atoms with van der Waals surface area (Å²) in [7, 11) is 0. The third-order valence-corrected chi connectivity index (χ3v) is 6.47. The number of hydrogen-bond acceptors (Lipinski definition) is 1. The van der Waals surface area contributed by atoms with Gasteiger partial charge in [0.05, 0.1) is 6.07 Å². The van der Waals surface area contributed by atoms with Gasteiger partial charge in [-0.05, 0) is 87.5 Å². The Morgan fingerprint density at radius 2 is 1.44 bits per heavy atom. The molecule has 0 atom stereocenters. The first-order chi connectivity index (χ1) is 12.3. The monoisotopic (exact) mass is 333 g/mol. The molecule has 1 nitrogen and oxygen atoms in total. The SMILES string of the molecule is Cc1ccc([C@H]2CC[C@H](C3CCC(/C=C/C=C/C#N)CC3)CC2)cc1. The predicted molar refractivity (Wildman–Crippen MR) is 105 cm³/mol. The van der Waals surface area contributed by atoms with Crippen molar-refractivity contribution < 1.29 is 0 Å². The molecule has 2 saturated carbocycles. The molecule has 1 aromatic carbocycles. The Labute approximate surface area is 153 Å². The molecule has 0 bridgehead atoms. The molecule has 132 valence electrons. The molecule has 0 heterocycles. The minimum Gasteiger partial charge on any atom is -0.193 e. The van der Waals surface area contributed by atoms with E-state index in [2.05, 4.69) is 43.3 Å². The lowest BCUT2D eigenvalue weighted by atomic mass is 9.68. The van der Waals surface area contributed by atoms with Crippen LogP contribution in [0.5, 0.6) is 0 Å². The van der Waals surface area contributed by atoms with Crippen molar-refractivity contribution in [2.45, 2.75) is 64.2 Å². The van der Waals surface area contributed by atoms with Crippen molar-refractivity contribution in [3.63, 3.8) is 0 Å². The van der Waals surface area contributed by atoms with Crippen LogP contribution in [0.4, 0.5) is 0 Å². The van der Waals surface area contributed by atoms with Crippen LogP contribution in [-0.4, -0.2) is 0 Å². The number of nitriles is 1. The van der Waals surface area contributed by atoms with Crippen LogP contribution in [0.15, 0.2) is 48.6 Å². The van der Waals surface area contributed by atoms with Gasteiger partial charge in [-0.15, -0.1) is 0 Å². The molecule has 25 heavy (non-hydrogen) atoms. The molecule has 0 aliphatic heterocycles. The first-order valence-electron chi connectivity index (χ1n) is 10.1. The van der Waals surface area contributed by atoms with Crippen molar-refractivity contribution in [1.82, 2.24) is 0 Å². The fourth-order valence-electron chi connectivity index (χ4n) is 4.89. The van der Waals surface area contributed by atoms with E-state index in [1.54, 1.807) is 11.6 Å². The summed E-state index contributed by atoms with van der Waals surface area (Å²) in [5.41, 5.74) is 2.93. The topological polar surface area (TPSA) is 23.8 Å². The normalized spacial score (nSPS) is 30.6. The average molecular weight is 334 g/mol. The standard InChI is InChI=1S/C24H31N/c1-19-6-10-21(11-7-19)23-14-16-24(17-15-23)22-12-8-20(9-13-22)5-3-2-4-18-25/h2-7,10-11,20,22-24H,8-9,12-17H2,1H3/b4-2+,5-3+/t20?,22?,23-,24-. The molecule has 2 aliphatic carbocycles. The lowest BCUT2D eigenvalue weighted by Gasteiger charge is -2.37. The Balaban J connectivity index is 1.43. The van der Waals surface area contributed by atoms with Gasteiger partial charge in [-0.2, -0.15) is 5.26 Å². The predicted octanol–water partition coefficient (Wildman–Crippen LogP) is 6.71. The molecule has 3 rings (SSSR count). The summed E-state index contributed by atoms with van der Waals surface area (Å²) in [4.78, 5) is 0. The van der Waals surface area contributed by atoms with E-state index in [4.69, 9.17) is 5.26 Å². The zero-order valence-corrected chi connectivity index (χ0v) is 15.5.